The Morgan fingerprint density at radius 3 is 2.94 bits per heavy atom. The summed E-state index contributed by atoms with van der Waals surface area (Å²) in [5, 5.41) is 4.21. The van der Waals surface area contributed by atoms with E-state index in [0.717, 1.165) is 24.1 Å². The third kappa shape index (κ3) is 2.05. The first-order valence-corrected chi connectivity index (χ1v) is 5.28. The van der Waals surface area contributed by atoms with Crippen LogP contribution >= 0.6 is 0 Å². The fourth-order valence-corrected chi connectivity index (χ4v) is 1.65. The van der Waals surface area contributed by atoms with Crippen molar-refractivity contribution in [3.05, 3.63) is 36.4 Å². The minimum absolute atomic E-state index is 0.317. The molecule has 0 aliphatic carbocycles. The molecule has 2 rings (SSSR count). The molecule has 0 fully saturated rings. The summed E-state index contributed by atoms with van der Waals surface area (Å²) >= 11 is 0. The summed E-state index contributed by atoms with van der Waals surface area (Å²) in [6, 6.07) is 4.41. The topological polar surface area (TPSA) is 43.8 Å². The molecular weight excluding hydrogens is 205 g/mol. The van der Waals surface area contributed by atoms with E-state index in [1.165, 1.54) is 12.1 Å². The molecule has 1 aromatic heterocycles. The number of anilines is 1. The molecular formula is C12H14FN3. The first-order valence-electron chi connectivity index (χ1n) is 5.28. The average molecular weight is 219 g/mol. The van der Waals surface area contributed by atoms with Gasteiger partial charge in [-0.15, -0.1) is 0 Å². The van der Waals surface area contributed by atoms with E-state index in [1.54, 1.807) is 12.3 Å². The van der Waals surface area contributed by atoms with Gasteiger partial charge in [0.05, 0.1) is 6.20 Å². The second-order valence-electron chi connectivity index (χ2n) is 3.72. The Balaban J connectivity index is 2.35. The molecule has 0 radical (unpaired) electrons. The first kappa shape index (κ1) is 10.7. The minimum Gasteiger partial charge on any atom is -0.398 e. The predicted molar refractivity (Wildman–Crippen MR) is 62.3 cm³/mol. The third-order valence-electron chi connectivity index (χ3n) is 2.41. The number of aryl methyl sites for hydroxylation is 1. The summed E-state index contributed by atoms with van der Waals surface area (Å²) in [5.41, 5.74) is 7.95. The van der Waals surface area contributed by atoms with Gasteiger partial charge in [0.1, 0.15) is 5.82 Å². The zero-order valence-corrected chi connectivity index (χ0v) is 9.15. The lowest BCUT2D eigenvalue weighted by molar-refractivity contribution is 0.603. The molecule has 2 aromatic rings. The van der Waals surface area contributed by atoms with E-state index in [9.17, 15) is 4.39 Å². The Labute approximate surface area is 93.7 Å². The molecule has 0 aliphatic heterocycles. The maximum absolute atomic E-state index is 12.9. The standard InChI is InChI=1S/C12H14FN3/c1-2-5-16-8-9(7-15-16)11-4-3-10(13)6-12(11)14/h3-4,6-8H,2,5,14H2,1H3. The molecule has 2 N–H and O–H groups in total. The van der Waals surface area contributed by atoms with Crippen molar-refractivity contribution in [3.63, 3.8) is 0 Å². The van der Waals surface area contributed by atoms with Gasteiger partial charge in [-0.3, -0.25) is 4.68 Å². The largest absolute Gasteiger partial charge is 0.398 e. The van der Waals surface area contributed by atoms with Crippen LogP contribution in [0.25, 0.3) is 11.1 Å². The number of nitrogens with two attached hydrogens (primary N) is 1. The predicted octanol–water partition coefficient (Wildman–Crippen LogP) is 2.68. The highest BCUT2D eigenvalue weighted by atomic mass is 19.1. The number of aromatic nitrogens is 2. The van der Waals surface area contributed by atoms with Crippen molar-refractivity contribution in [3.8, 4) is 11.1 Å². The molecule has 0 unspecified atom stereocenters. The van der Waals surface area contributed by atoms with Crippen LogP contribution in [0.1, 0.15) is 13.3 Å². The highest BCUT2D eigenvalue weighted by Crippen LogP contribution is 2.25. The van der Waals surface area contributed by atoms with Crippen molar-refractivity contribution in [1.82, 2.24) is 9.78 Å². The Morgan fingerprint density at radius 1 is 1.44 bits per heavy atom. The molecule has 4 heteroatoms. The fourth-order valence-electron chi connectivity index (χ4n) is 1.65. The molecule has 0 spiro atoms. The summed E-state index contributed by atoms with van der Waals surface area (Å²) < 4.78 is 14.7. The molecule has 1 heterocycles. The minimum atomic E-state index is -0.317. The Morgan fingerprint density at radius 2 is 2.25 bits per heavy atom. The van der Waals surface area contributed by atoms with E-state index in [4.69, 9.17) is 5.73 Å². The van der Waals surface area contributed by atoms with Crippen molar-refractivity contribution >= 4 is 5.69 Å². The molecule has 0 amide bonds. The van der Waals surface area contributed by atoms with Crippen LogP contribution < -0.4 is 5.73 Å². The van der Waals surface area contributed by atoms with E-state index in [0.29, 0.717) is 5.69 Å². The highest BCUT2D eigenvalue weighted by Gasteiger charge is 2.06. The summed E-state index contributed by atoms with van der Waals surface area (Å²) in [6.07, 6.45) is 4.70. The fraction of sp³-hybridized carbons (Fsp3) is 0.250. The van der Waals surface area contributed by atoms with E-state index in [-0.39, 0.29) is 5.82 Å². The van der Waals surface area contributed by atoms with Crippen LogP contribution in [0.4, 0.5) is 10.1 Å². The molecule has 0 saturated carbocycles. The number of halogens is 1. The molecule has 0 atom stereocenters. The lowest BCUT2D eigenvalue weighted by atomic mass is 10.1. The lowest BCUT2D eigenvalue weighted by Crippen LogP contribution is -1.95. The second-order valence-corrected chi connectivity index (χ2v) is 3.72. The zero-order valence-electron chi connectivity index (χ0n) is 9.15. The Kier molecular flexibility index (Phi) is 2.90. The number of nitrogen functional groups attached to an aromatic ring is 1. The quantitative estimate of drug-likeness (QED) is 0.806. The van der Waals surface area contributed by atoms with Crippen LogP contribution in [0.5, 0.6) is 0 Å². The van der Waals surface area contributed by atoms with Gasteiger partial charge in [-0.25, -0.2) is 4.39 Å². The maximum atomic E-state index is 12.9. The normalized spacial score (nSPS) is 10.6. The van der Waals surface area contributed by atoms with Gasteiger partial charge in [-0.1, -0.05) is 6.92 Å². The van der Waals surface area contributed by atoms with Gasteiger partial charge in [-0.05, 0) is 24.6 Å². The number of hydrogen-bond donors (Lipinski definition) is 1. The number of hydrogen-bond acceptors (Lipinski definition) is 2. The Hall–Kier alpha value is -1.84. The maximum Gasteiger partial charge on any atom is 0.125 e. The van der Waals surface area contributed by atoms with Gasteiger partial charge >= 0.3 is 0 Å². The van der Waals surface area contributed by atoms with Gasteiger partial charge in [0.15, 0.2) is 0 Å². The number of benzene rings is 1. The van der Waals surface area contributed by atoms with Gasteiger partial charge < -0.3 is 5.73 Å². The molecule has 84 valence electrons. The molecule has 0 saturated heterocycles. The lowest BCUT2D eigenvalue weighted by Gasteiger charge is -2.02. The van der Waals surface area contributed by atoms with E-state index in [1.807, 2.05) is 10.9 Å². The third-order valence-corrected chi connectivity index (χ3v) is 2.41. The SMILES string of the molecule is CCCn1cc(-c2ccc(F)cc2N)cn1. The van der Waals surface area contributed by atoms with Crippen molar-refractivity contribution < 1.29 is 4.39 Å². The summed E-state index contributed by atoms with van der Waals surface area (Å²) in [7, 11) is 0. The van der Waals surface area contributed by atoms with E-state index in [2.05, 4.69) is 12.0 Å². The number of rotatable bonds is 3. The van der Waals surface area contributed by atoms with Crippen LogP contribution in [-0.2, 0) is 6.54 Å². The summed E-state index contributed by atoms with van der Waals surface area (Å²) in [6.45, 7) is 2.97. The molecule has 0 aliphatic rings. The number of nitrogens with zero attached hydrogens (tertiary/aromatic N) is 2. The molecule has 3 nitrogen and oxygen atoms in total. The van der Waals surface area contributed by atoms with Gasteiger partial charge in [0, 0.05) is 29.6 Å². The average Bonchev–Trinajstić information content (AvgIpc) is 2.67. The smallest absolute Gasteiger partial charge is 0.125 e. The van der Waals surface area contributed by atoms with Crippen LogP contribution in [-0.4, -0.2) is 9.78 Å². The summed E-state index contributed by atoms with van der Waals surface area (Å²) in [5.74, 6) is -0.317. The highest BCUT2D eigenvalue weighted by molar-refractivity contribution is 5.75. The van der Waals surface area contributed by atoms with Crippen molar-refractivity contribution in [2.24, 2.45) is 0 Å². The second kappa shape index (κ2) is 4.35. The van der Waals surface area contributed by atoms with E-state index >= 15 is 0 Å². The molecule has 0 bridgehead atoms. The monoisotopic (exact) mass is 219 g/mol. The van der Waals surface area contributed by atoms with Gasteiger partial charge in [0.2, 0.25) is 0 Å². The van der Waals surface area contributed by atoms with Gasteiger partial charge in [-0.2, -0.15) is 5.10 Å². The van der Waals surface area contributed by atoms with Crippen molar-refractivity contribution in [1.29, 1.82) is 0 Å². The molecule has 1 aromatic carbocycles. The van der Waals surface area contributed by atoms with E-state index < -0.39 is 0 Å². The van der Waals surface area contributed by atoms with Crippen molar-refractivity contribution in [2.75, 3.05) is 5.73 Å². The summed E-state index contributed by atoms with van der Waals surface area (Å²) in [4.78, 5) is 0. The molecule has 16 heavy (non-hydrogen) atoms. The van der Waals surface area contributed by atoms with Crippen LogP contribution in [0.2, 0.25) is 0 Å². The van der Waals surface area contributed by atoms with Gasteiger partial charge in [0.25, 0.3) is 0 Å². The van der Waals surface area contributed by atoms with Crippen molar-refractivity contribution in [2.45, 2.75) is 19.9 Å². The van der Waals surface area contributed by atoms with Crippen LogP contribution in [0.3, 0.4) is 0 Å². The van der Waals surface area contributed by atoms with Crippen LogP contribution in [0.15, 0.2) is 30.6 Å². The van der Waals surface area contributed by atoms with Crippen LogP contribution in [0, 0.1) is 5.82 Å². The first-order chi connectivity index (χ1) is 7.70. The Bertz CT molecular complexity index is 491. The zero-order chi connectivity index (χ0) is 11.5.